The number of aromatic nitrogens is 2. The van der Waals surface area contributed by atoms with Crippen LogP contribution in [0.4, 0.5) is 4.39 Å². The zero-order valence-electron chi connectivity index (χ0n) is 15.9. The Bertz CT molecular complexity index is 1260. The van der Waals surface area contributed by atoms with Crippen LogP contribution in [0.1, 0.15) is 5.56 Å². The molecule has 0 saturated heterocycles. The third kappa shape index (κ3) is 4.35. The van der Waals surface area contributed by atoms with E-state index >= 15 is 0 Å². The van der Waals surface area contributed by atoms with Gasteiger partial charge in [0.25, 0.3) is 5.56 Å². The minimum absolute atomic E-state index is 0.131. The van der Waals surface area contributed by atoms with E-state index in [0.717, 1.165) is 16.2 Å². The van der Waals surface area contributed by atoms with Crippen molar-refractivity contribution < 1.29 is 13.9 Å². The third-order valence-corrected chi connectivity index (χ3v) is 4.52. The van der Waals surface area contributed by atoms with Gasteiger partial charge >= 0.3 is 0 Å². The van der Waals surface area contributed by atoms with Crippen molar-refractivity contribution in [2.24, 2.45) is 0 Å². The number of ether oxygens (including phenoxy) is 1. The molecule has 1 heterocycles. The molecule has 0 aliphatic rings. The fourth-order valence-electron chi connectivity index (χ4n) is 3.01. The van der Waals surface area contributed by atoms with Crippen LogP contribution in [0, 0.1) is 5.82 Å². The number of hydrogen-bond donors (Lipinski definition) is 1. The number of carbonyl (C=O) groups is 1. The quantitative estimate of drug-likeness (QED) is 0.533. The maximum absolute atomic E-state index is 13.4. The van der Waals surface area contributed by atoms with Crippen LogP contribution in [0.15, 0.2) is 83.9 Å². The molecule has 0 saturated carbocycles. The number of nitrogens with one attached hydrogen (secondary N) is 1. The summed E-state index contributed by atoms with van der Waals surface area (Å²) in [7, 11) is 0. The largest absolute Gasteiger partial charge is 0.457 e. The molecule has 3 aromatic carbocycles. The van der Waals surface area contributed by atoms with E-state index in [9.17, 15) is 14.0 Å². The smallest absolute Gasteiger partial charge is 0.261 e. The zero-order chi connectivity index (χ0) is 20.9. The van der Waals surface area contributed by atoms with E-state index in [0.29, 0.717) is 17.0 Å². The molecule has 1 amide bonds. The number of hydrogen-bond acceptors (Lipinski definition) is 4. The normalized spacial score (nSPS) is 10.7. The molecule has 0 radical (unpaired) electrons. The average Bonchev–Trinajstić information content (AvgIpc) is 2.76. The van der Waals surface area contributed by atoms with Gasteiger partial charge in [-0.25, -0.2) is 9.37 Å². The van der Waals surface area contributed by atoms with Gasteiger partial charge in [0.05, 0.1) is 17.2 Å². The second-order valence-electron chi connectivity index (χ2n) is 6.64. The molecule has 0 unspecified atom stereocenters. The lowest BCUT2D eigenvalue weighted by Crippen LogP contribution is -2.32. The predicted molar refractivity (Wildman–Crippen MR) is 111 cm³/mol. The number of nitrogens with zero attached hydrogens (tertiary/aromatic N) is 2. The monoisotopic (exact) mass is 403 g/mol. The second kappa shape index (κ2) is 8.57. The Labute approximate surface area is 171 Å². The van der Waals surface area contributed by atoms with Crippen LogP contribution >= 0.6 is 0 Å². The Hall–Kier alpha value is -4.00. The molecule has 0 fully saturated rings. The van der Waals surface area contributed by atoms with E-state index < -0.39 is 11.4 Å². The number of benzene rings is 3. The maximum atomic E-state index is 13.4. The Morgan fingerprint density at radius 3 is 2.63 bits per heavy atom. The first kappa shape index (κ1) is 19.3. The number of carbonyl (C=O) groups excluding carboxylic acids is 1. The van der Waals surface area contributed by atoms with E-state index in [4.69, 9.17) is 4.74 Å². The summed E-state index contributed by atoms with van der Waals surface area (Å²) in [5.74, 6) is 0.420. The molecule has 0 aliphatic heterocycles. The van der Waals surface area contributed by atoms with Gasteiger partial charge in [-0.05, 0) is 36.4 Å². The zero-order valence-corrected chi connectivity index (χ0v) is 15.9. The van der Waals surface area contributed by atoms with Gasteiger partial charge in [-0.1, -0.05) is 36.4 Å². The number of fused-ring (bicyclic) bond motifs is 1. The molecule has 150 valence electrons. The first-order valence-corrected chi connectivity index (χ1v) is 9.32. The van der Waals surface area contributed by atoms with E-state index in [1.54, 1.807) is 0 Å². The summed E-state index contributed by atoms with van der Waals surface area (Å²) in [6, 6.07) is 20.5. The summed E-state index contributed by atoms with van der Waals surface area (Å²) in [5, 5.41) is 2.91. The molecule has 1 N–H and O–H groups in total. The van der Waals surface area contributed by atoms with Crippen molar-refractivity contribution in [2.45, 2.75) is 13.1 Å². The summed E-state index contributed by atoms with van der Waals surface area (Å²) < 4.78 is 20.5. The van der Waals surface area contributed by atoms with Crippen LogP contribution in [0.5, 0.6) is 11.5 Å². The van der Waals surface area contributed by atoms with Crippen molar-refractivity contribution in [1.29, 1.82) is 0 Å². The predicted octanol–water partition coefficient (Wildman–Crippen LogP) is 3.64. The Morgan fingerprint density at radius 2 is 1.80 bits per heavy atom. The van der Waals surface area contributed by atoms with Crippen molar-refractivity contribution >= 4 is 16.8 Å². The van der Waals surface area contributed by atoms with Crippen molar-refractivity contribution in [1.82, 2.24) is 14.9 Å². The third-order valence-electron chi connectivity index (χ3n) is 4.52. The van der Waals surface area contributed by atoms with Gasteiger partial charge in [-0.3, -0.25) is 14.2 Å². The van der Waals surface area contributed by atoms with Crippen LogP contribution in [0.2, 0.25) is 0 Å². The fourth-order valence-corrected chi connectivity index (χ4v) is 3.01. The number of rotatable bonds is 6. The van der Waals surface area contributed by atoms with Gasteiger partial charge in [0, 0.05) is 12.1 Å². The summed E-state index contributed by atoms with van der Waals surface area (Å²) in [4.78, 5) is 29.0. The molecule has 7 heteroatoms. The Balaban J connectivity index is 1.45. The van der Waals surface area contributed by atoms with Gasteiger partial charge in [0.15, 0.2) is 0 Å². The summed E-state index contributed by atoms with van der Waals surface area (Å²) in [5.41, 5.74) is 0.702. The van der Waals surface area contributed by atoms with E-state index in [1.165, 1.54) is 18.5 Å². The maximum Gasteiger partial charge on any atom is 0.261 e. The van der Waals surface area contributed by atoms with E-state index in [1.807, 2.05) is 54.6 Å². The van der Waals surface area contributed by atoms with Gasteiger partial charge in [-0.2, -0.15) is 0 Å². The highest BCUT2D eigenvalue weighted by atomic mass is 19.1. The molecule has 4 rings (SSSR count). The molecular formula is C23H18FN3O3. The van der Waals surface area contributed by atoms with E-state index in [-0.39, 0.29) is 24.4 Å². The lowest BCUT2D eigenvalue weighted by Gasteiger charge is -2.12. The van der Waals surface area contributed by atoms with Crippen LogP contribution in [0.25, 0.3) is 10.9 Å². The minimum Gasteiger partial charge on any atom is -0.457 e. The van der Waals surface area contributed by atoms with Crippen molar-refractivity contribution in [3.8, 4) is 11.5 Å². The standard InChI is InChI=1S/C23H18FN3O3/c24-17-10-11-20-19(12-17)23(29)27(15-26-20)14-22(28)25-13-16-6-4-5-9-21(16)30-18-7-2-1-3-8-18/h1-12,15H,13-14H2,(H,25,28). The Kier molecular flexibility index (Phi) is 5.52. The molecule has 0 atom stereocenters. The number of amides is 1. The first-order valence-electron chi connectivity index (χ1n) is 9.32. The lowest BCUT2D eigenvalue weighted by atomic mass is 10.2. The van der Waals surface area contributed by atoms with Crippen LogP contribution < -0.4 is 15.6 Å². The molecule has 1 aromatic heterocycles. The molecular weight excluding hydrogens is 385 g/mol. The SMILES string of the molecule is O=C(Cn1cnc2ccc(F)cc2c1=O)NCc1ccccc1Oc1ccccc1. The molecule has 0 spiro atoms. The van der Waals surface area contributed by atoms with Crippen molar-refractivity contribution in [2.75, 3.05) is 0 Å². The molecule has 4 aromatic rings. The summed E-state index contributed by atoms with van der Waals surface area (Å²) in [6.07, 6.45) is 1.29. The van der Waals surface area contributed by atoms with Gasteiger partial charge in [0.1, 0.15) is 23.9 Å². The highest BCUT2D eigenvalue weighted by Gasteiger charge is 2.10. The number of halogens is 1. The van der Waals surface area contributed by atoms with Crippen LogP contribution in [-0.4, -0.2) is 15.5 Å². The van der Waals surface area contributed by atoms with Crippen molar-refractivity contribution in [3.63, 3.8) is 0 Å². The Morgan fingerprint density at radius 1 is 1.03 bits per heavy atom. The van der Waals surface area contributed by atoms with Crippen LogP contribution in [-0.2, 0) is 17.9 Å². The summed E-state index contributed by atoms with van der Waals surface area (Å²) in [6.45, 7) is 0.00618. The molecule has 6 nitrogen and oxygen atoms in total. The van der Waals surface area contributed by atoms with E-state index in [2.05, 4.69) is 10.3 Å². The molecule has 0 aliphatic carbocycles. The van der Waals surface area contributed by atoms with Gasteiger partial charge < -0.3 is 10.1 Å². The molecule has 30 heavy (non-hydrogen) atoms. The highest BCUT2D eigenvalue weighted by Crippen LogP contribution is 2.24. The fraction of sp³-hybridized carbons (Fsp3) is 0.0870. The topological polar surface area (TPSA) is 73.2 Å². The lowest BCUT2D eigenvalue weighted by molar-refractivity contribution is -0.121. The number of para-hydroxylation sites is 2. The van der Waals surface area contributed by atoms with Gasteiger partial charge in [-0.15, -0.1) is 0 Å². The average molecular weight is 403 g/mol. The summed E-state index contributed by atoms with van der Waals surface area (Å²) >= 11 is 0. The first-order chi connectivity index (χ1) is 14.6. The van der Waals surface area contributed by atoms with Crippen molar-refractivity contribution in [3.05, 3.63) is 101 Å². The minimum atomic E-state index is -0.529. The second-order valence-corrected chi connectivity index (χ2v) is 6.64. The molecule has 0 bridgehead atoms. The highest BCUT2D eigenvalue weighted by molar-refractivity contribution is 5.79. The van der Waals surface area contributed by atoms with Crippen LogP contribution in [0.3, 0.4) is 0 Å². The van der Waals surface area contributed by atoms with Gasteiger partial charge in [0.2, 0.25) is 5.91 Å².